The van der Waals surface area contributed by atoms with Crippen molar-refractivity contribution in [1.29, 1.82) is 0 Å². The number of alkyl carbamates (subject to hydrolysis) is 1. The van der Waals surface area contributed by atoms with Crippen molar-refractivity contribution in [3.05, 3.63) is 41.4 Å². The van der Waals surface area contributed by atoms with E-state index in [0.717, 1.165) is 53.0 Å². The van der Waals surface area contributed by atoms with E-state index in [1.807, 2.05) is 55.7 Å². The van der Waals surface area contributed by atoms with Crippen LogP contribution in [0.3, 0.4) is 0 Å². The molecule has 3 N–H and O–H groups in total. The standard InChI is InChI=1S/C47H65N7O8S2/c1-28(2)54-35-22-16-20-32(40-48-34(27-63-40)30-17-12-11-13-18-30)37(35)50-43(54)61-36-26-53-38(29(36)3)39(55)51-47(42(57)52-64(59,60)46(7)23-24-46)25-31(47)19-14-9-8-10-15-21-33(41(53)56)49-44(58)62-45(4,5)6/h14,16,19-20,22,27-31,33,36,38H,8-13,15,17-18,21,23-26H2,1-7H3,(H,49,58)(H,51,55)(H,52,57)/b19-14-/t29-,31-,33+,36+,38+,47-/m1/s1. The highest BCUT2D eigenvalue weighted by atomic mass is 32.2. The molecule has 64 heavy (non-hydrogen) atoms. The topological polar surface area (TPSA) is 191 Å². The van der Waals surface area contributed by atoms with Gasteiger partial charge in [0.1, 0.15) is 39.9 Å². The minimum atomic E-state index is -4.01. The molecule has 1 saturated heterocycles. The Morgan fingerprint density at radius 2 is 1.73 bits per heavy atom. The van der Waals surface area contributed by atoms with Crippen molar-refractivity contribution in [2.45, 2.75) is 178 Å². The zero-order valence-electron chi connectivity index (χ0n) is 38.3. The number of para-hydroxylation sites is 1. The highest BCUT2D eigenvalue weighted by molar-refractivity contribution is 7.91. The fraction of sp³-hybridized carbons (Fsp3) is 0.660. The number of rotatable bonds is 9. The van der Waals surface area contributed by atoms with Crippen LogP contribution in [0.1, 0.15) is 150 Å². The number of amides is 4. The van der Waals surface area contributed by atoms with Crippen LogP contribution in [-0.4, -0.2) is 92.3 Å². The monoisotopic (exact) mass is 919 g/mol. The Kier molecular flexibility index (Phi) is 12.7. The Morgan fingerprint density at radius 1 is 1.02 bits per heavy atom. The van der Waals surface area contributed by atoms with Crippen LogP contribution >= 0.6 is 11.3 Å². The van der Waals surface area contributed by atoms with Gasteiger partial charge in [-0.2, -0.15) is 4.98 Å². The molecule has 4 amide bonds. The summed E-state index contributed by atoms with van der Waals surface area (Å²) in [6, 6.07) is 4.12. The summed E-state index contributed by atoms with van der Waals surface area (Å²) < 4.78 is 42.4. The van der Waals surface area contributed by atoms with Crippen molar-refractivity contribution in [2.75, 3.05) is 6.54 Å². The number of carbonyl (C=O) groups is 4. The number of aromatic nitrogens is 3. The molecule has 4 fully saturated rings. The van der Waals surface area contributed by atoms with Crippen LogP contribution in [0.2, 0.25) is 0 Å². The molecule has 6 atom stereocenters. The van der Waals surface area contributed by atoms with Gasteiger partial charge in [-0.25, -0.2) is 18.2 Å². The Balaban J connectivity index is 1.13. The van der Waals surface area contributed by atoms with Crippen molar-refractivity contribution < 1.29 is 37.1 Å². The van der Waals surface area contributed by atoms with Crippen LogP contribution in [0, 0.1) is 11.8 Å². The fourth-order valence-corrected chi connectivity index (χ4v) is 11.9. The molecule has 0 radical (unpaired) electrons. The van der Waals surface area contributed by atoms with E-state index >= 15 is 0 Å². The Bertz CT molecular complexity index is 2410. The number of imidazole rings is 1. The number of ether oxygens (including phenoxy) is 2. The Morgan fingerprint density at radius 3 is 2.44 bits per heavy atom. The normalized spacial score (nSPS) is 28.3. The first-order valence-corrected chi connectivity index (χ1v) is 25.7. The molecule has 15 nitrogen and oxygen atoms in total. The van der Waals surface area contributed by atoms with Gasteiger partial charge in [-0.15, -0.1) is 11.3 Å². The van der Waals surface area contributed by atoms with E-state index in [9.17, 15) is 27.6 Å². The lowest BCUT2D eigenvalue weighted by Crippen LogP contribution is -2.59. The number of allylic oxidation sites excluding steroid dienone is 1. The Labute approximate surface area is 380 Å². The average molecular weight is 920 g/mol. The molecule has 1 aromatic carbocycles. The smallest absolute Gasteiger partial charge is 0.408 e. The van der Waals surface area contributed by atoms with E-state index in [0.29, 0.717) is 44.0 Å². The zero-order chi connectivity index (χ0) is 45.8. The number of hydrogen-bond donors (Lipinski definition) is 3. The summed E-state index contributed by atoms with van der Waals surface area (Å²) in [6.45, 7) is 12.7. The maximum atomic E-state index is 14.9. The van der Waals surface area contributed by atoms with Crippen molar-refractivity contribution >= 4 is 56.2 Å². The van der Waals surface area contributed by atoms with E-state index in [-0.39, 0.29) is 19.0 Å². The van der Waals surface area contributed by atoms with Gasteiger partial charge in [0.05, 0.1) is 22.5 Å². The molecule has 5 aliphatic rings. The summed E-state index contributed by atoms with van der Waals surface area (Å²) in [4.78, 5) is 68.9. The third-order valence-electron chi connectivity index (χ3n) is 13.9. The number of fused-ring (bicyclic) bond motifs is 3. The van der Waals surface area contributed by atoms with Crippen molar-refractivity contribution in [3.63, 3.8) is 0 Å². The number of benzene rings is 1. The summed E-state index contributed by atoms with van der Waals surface area (Å²) in [6.07, 6.45) is 12.6. The first-order valence-electron chi connectivity index (χ1n) is 23.3. The Hall–Kier alpha value is -4.51. The van der Waals surface area contributed by atoms with Gasteiger partial charge in [-0.05, 0) is 105 Å². The number of carbonyl (C=O) groups excluding carboxylic acids is 4. The second kappa shape index (κ2) is 17.7. The van der Waals surface area contributed by atoms with Gasteiger partial charge < -0.3 is 25.0 Å². The van der Waals surface area contributed by atoms with Gasteiger partial charge in [-0.3, -0.25) is 23.7 Å². The zero-order valence-corrected chi connectivity index (χ0v) is 39.9. The van der Waals surface area contributed by atoms with E-state index in [2.05, 4.69) is 20.7 Å². The van der Waals surface area contributed by atoms with Gasteiger partial charge >= 0.3 is 6.09 Å². The van der Waals surface area contributed by atoms with E-state index < -0.39 is 79.7 Å². The summed E-state index contributed by atoms with van der Waals surface area (Å²) in [5.74, 6) is -2.51. The second-order valence-corrected chi connectivity index (χ2v) is 23.4. The quantitative estimate of drug-likeness (QED) is 0.180. The third kappa shape index (κ3) is 9.29. The first-order chi connectivity index (χ1) is 30.3. The summed E-state index contributed by atoms with van der Waals surface area (Å²) >= 11 is 1.62. The van der Waals surface area contributed by atoms with Crippen LogP contribution in [0.4, 0.5) is 4.79 Å². The fourth-order valence-electron chi connectivity index (χ4n) is 9.71. The number of nitrogens with one attached hydrogen (secondary N) is 3. The van der Waals surface area contributed by atoms with Crippen LogP contribution < -0.4 is 20.1 Å². The summed E-state index contributed by atoms with van der Waals surface area (Å²) in [5, 5.41) is 8.85. The second-order valence-electron chi connectivity index (χ2n) is 20.3. The molecule has 8 rings (SSSR count). The van der Waals surface area contributed by atoms with Gasteiger partial charge in [0.15, 0.2) is 0 Å². The van der Waals surface area contributed by atoms with E-state index in [1.165, 1.54) is 24.2 Å². The lowest BCUT2D eigenvalue weighted by atomic mass is 9.87. The maximum absolute atomic E-state index is 14.9. The van der Waals surface area contributed by atoms with Crippen molar-refractivity contribution in [1.82, 2.24) is 34.8 Å². The van der Waals surface area contributed by atoms with Gasteiger partial charge in [0.2, 0.25) is 21.8 Å². The number of thiazole rings is 1. The van der Waals surface area contributed by atoms with Gasteiger partial charge in [-0.1, -0.05) is 57.2 Å². The lowest BCUT2D eigenvalue weighted by molar-refractivity contribution is -0.142. The molecular formula is C47H65N7O8S2. The van der Waals surface area contributed by atoms with E-state index in [1.54, 1.807) is 39.0 Å². The summed E-state index contributed by atoms with van der Waals surface area (Å²) in [5.41, 5.74) is 1.28. The lowest BCUT2D eigenvalue weighted by Gasteiger charge is -2.31. The summed E-state index contributed by atoms with van der Waals surface area (Å²) in [7, 11) is -4.01. The first kappa shape index (κ1) is 46.0. The molecule has 2 aromatic heterocycles. The minimum Gasteiger partial charge on any atom is -0.459 e. The van der Waals surface area contributed by atoms with Crippen LogP contribution in [-0.2, 0) is 29.1 Å². The average Bonchev–Trinajstić information content (AvgIpc) is 3.95. The molecule has 0 bridgehead atoms. The van der Waals surface area contributed by atoms with Crippen molar-refractivity contribution in [2.24, 2.45) is 11.8 Å². The highest BCUT2D eigenvalue weighted by Crippen LogP contribution is 2.48. The minimum absolute atomic E-state index is 0.0226. The molecule has 4 heterocycles. The number of nitrogens with zero attached hydrogens (tertiary/aromatic N) is 4. The molecule has 0 spiro atoms. The SMILES string of the molecule is CC(C)n1c(O[C@H]2CN3C(=O)[C@@H](NC(=O)OC(C)(C)C)CCCCC/C=C\[C@@H]4C[C@@]4(C(=O)NS(=O)(=O)C4(C)CC4)NC(=O)[C@@H]3[C@@H]2C)nc2c(-c3nc(C4CCCCC4)cs3)cccc21. The third-order valence-corrected chi connectivity index (χ3v) is 17.0. The molecule has 0 unspecified atom stereocenters. The maximum Gasteiger partial charge on any atom is 0.408 e. The van der Waals surface area contributed by atoms with Crippen molar-refractivity contribution in [3.8, 4) is 16.6 Å². The molecule has 3 aromatic rings. The largest absolute Gasteiger partial charge is 0.459 e. The molecule has 2 aliphatic heterocycles. The van der Waals surface area contributed by atoms with Gasteiger partial charge in [0, 0.05) is 34.7 Å². The number of sulfonamides is 1. The molecular weight excluding hydrogens is 855 g/mol. The molecule has 3 saturated carbocycles. The van der Waals surface area contributed by atoms with Gasteiger partial charge in [0.25, 0.3) is 11.9 Å². The number of hydrogen-bond acceptors (Lipinski definition) is 11. The van der Waals surface area contributed by atoms with Crippen LogP contribution in [0.5, 0.6) is 6.01 Å². The predicted molar refractivity (Wildman–Crippen MR) is 245 cm³/mol. The molecule has 17 heteroatoms. The van der Waals surface area contributed by atoms with E-state index in [4.69, 9.17) is 19.4 Å². The van der Waals surface area contributed by atoms with Crippen LogP contribution in [0.15, 0.2) is 35.7 Å². The molecule has 348 valence electrons. The predicted octanol–water partition coefficient (Wildman–Crippen LogP) is 7.67. The van der Waals surface area contributed by atoms with Crippen LogP contribution in [0.25, 0.3) is 21.6 Å². The highest BCUT2D eigenvalue weighted by Gasteiger charge is 2.63. The molecule has 3 aliphatic carbocycles.